The summed E-state index contributed by atoms with van der Waals surface area (Å²) in [7, 11) is 0. The zero-order chi connectivity index (χ0) is 18.0. The second-order valence-electron chi connectivity index (χ2n) is 6.24. The molecule has 0 saturated carbocycles. The van der Waals surface area contributed by atoms with Gasteiger partial charge in [-0.15, -0.1) is 0 Å². The molecule has 25 heavy (non-hydrogen) atoms. The van der Waals surface area contributed by atoms with Gasteiger partial charge in [0, 0.05) is 30.8 Å². The van der Waals surface area contributed by atoms with Crippen molar-refractivity contribution in [2.24, 2.45) is 5.92 Å². The lowest BCUT2D eigenvalue weighted by molar-refractivity contribution is -0.137. The first-order chi connectivity index (χ1) is 11.9. The Morgan fingerprint density at radius 3 is 2.76 bits per heavy atom. The van der Waals surface area contributed by atoms with Gasteiger partial charge in [0.2, 0.25) is 11.8 Å². The highest BCUT2D eigenvalue weighted by Gasteiger charge is 2.36. The number of carboxylic acids is 1. The van der Waals surface area contributed by atoms with Gasteiger partial charge in [0.15, 0.2) is 11.5 Å². The zero-order valence-corrected chi connectivity index (χ0v) is 13.9. The molecule has 2 unspecified atom stereocenters. The Labute approximate surface area is 144 Å². The third kappa shape index (κ3) is 3.84. The van der Waals surface area contributed by atoms with Crippen LogP contribution in [0.1, 0.15) is 19.8 Å². The van der Waals surface area contributed by atoms with E-state index in [0.717, 1.165) is 0 Å². The van der Waals surface area contributed by atoms with Crippen molar-refractivity contribution in [2.45, 2.75) is 25.8 Å². The molecule has 1 fully saturated rings. The van der Waals surface area contributed by atoms with Crippen molar-refractivity contribution in [2.75, 3.05) is 24.7 Å². The molecular weight excluding hydrogens is 328 g/mol. The van der Waals surface area contributed by atoms with Gasteiger partial charge < -0.3 is 24.8 Å². The van der Waals surface area contributed by atoms with Crippen LogP contribution in [0.4, 0.5) is 5.69 Å². The fraction of sp³-hybridized carbons (Fsp3) is 0.471. The number of nitrogens with one attached hydrogen (secondary N) is 1. The van der Waals surface area contributed by atoms with E-state index in [1.165, 1.54) is 0 Å². The van der Waals surface area contributed by atoms with E-state index >= 15 is 0 Å². The SMILES string of the molecule is CC(CC(=O)O)NC(=O)C1CC(=O)N(c2ccc3c(c2)OCCO3)C1. The van der Waals surface area contributed by atoms with Gasteiger partial charge in [-0.2, -0.15) is 0 Å². The number of hydrogen-bond acceptors (Lipinski definition) is 5. The number of ether oxygens (including phenoxy) is 2. The molecule has 2 heterocycles. The summed E-state index contributed by atoms with van der Waals surface area (Å²) in [6.45, 7) is 2.83. The number of nitrogens with zero attached hydrogens (tertiary/aromatic N) is 1. The Balaban J connectivity index is 1.66. The van der Waals surface area contributed by atoms with Gasteiger partial charge in [-0.3, -0.25) is 14.4 Å². The average molecular weight is 348 g/mol. The molecule has 8 nitrogen and oxygen atoms in total. The lowest BCUT2D eigenvalue weighted by atomic mass is 10.1. The molecule has 2 atom stereocenters. The minimum Gasteiger partial charge on any atom is -0.486 e. The molecule has 2 amide bonds. The van der Waals surface area contributed by atoms with Crippen LogP contribution in [0.2, 0.25) is 0 Å². The van der Waals surface area contributed by atoms with Crippen LogP contribution < -0.4 is 19.7 Å². The second kappa shape index (κ2) is 7.00. The van der Waals surface area contributed by atoms with E-state index in [1.807, 2.05) is 0 Å². The number of amides is 2. The van der Waals surface area contributed by atoms with Gasteiger partial charge in [-0.25, -0.2) is 0 Å². The summed E-state index contributed by atoms with van der Waals surface area (Å²) < 4.78 is 11.0. The number of carboxylic acid groups (broad SMARTS) is 1. The molecule has 1 aromatic carbocycles. The summed E-state index contributed by atoms with van der Waals surface area (Å²) >= 11 is 0. The lowest BCUT2D eigenvalue weighted by Crippen LogP contribution is -2.39. The van der Waals surface area contributed by atoms with Gasteiger partial charge in [-0.05, 0) is 19.1 Å². The summed E-state index contributed by atoms with van der Waals surface area (Å²) in [6.07, 6.45) is -0.0572. The summed E-state index contributed by atoms with van der Waals surface area (Å²) in [4.78, 5) is 36.8. The Morgan fingerprint density at radius 1 is 1.32 bits per heavy atom. The van der Waals surface area contributed by atoms with E-state index in [4.69, 9.17) is 14.6 Å². The number of carbonyl (C=O) groups excluding carboxylic acids is 2. The van der Waals surface area contributed by atoms with Crippen molar-refractivity contribution in [3.8, 4) is 11.5 Å². The molecule has 2 aliphatic heterocycles. The number of benzene rings is 1. The van der Waals surface area contributed by atoms with Crippen molar-refractivity contribution in [1.29, 1.82) is 0 Å². The Hall–Kier alpha value is -2.77. The number of hydrogen-bond donors (Lipinski definition) is 2. The van der Waals surface area contributed by atoms with E-state index in [2.05, 4.69) is 5.32 Å². The van der Waals surface area contributed by atoms with E-state index in [0.29, 0.717) is 30.4 Å². The third-order valence-corrected chi connectivity index (χ3v) is 4.20. The zero-order valence-electron chi connectivity index (χ0n) is 13.9. The monoisotopic (exact) mass is 348 g/mol. The highest BCUT2D eigenvalue weighted by molar-refractivity contribution is 6.00. The van der Waals surface area contributed by atoms with Crippen molar-refractivity contribution in [1.82, 2.24) is 5.32 Å². The highest BCUT2D eigenvalue weighted by Crippen LogP contribution is 2.35. The summed E-state index contributed by atoms with van der Waals surface area (Å²) in [5.41, 5.74) is 0.656. The quantitative estimate of drug-likeness (QED) is 0.815. The third-order valence-electron chi connectivity index (χ3n) is 4.20. The first-order valence-corrected chi connectivity index (χ1v) is 8.16. The summed E-state index contributed by atoms with van der Waals surface area (Å²) in [6, 6.07) is 4.77. The largest absolute Gasteiger partial charge is 0.486 e. The lowest BCUT2D eigenvalue weighted by Gasteiger charge is -2.22. The standard InChI is InChI=1S/C17H20N2O6/c1-10(6-16(21)22)18-17(23)11-7-15(20)19(9-11)12-2-3-13-14(8-12)25-5-4-24-13/h2-3,8,10-11H,4-7,9H2,1H3,(H,18,23)(H,21,22). The minimum atomic E-state index is -0.979. The maximum absolute atomic E-state index is 12.3. The van der Waals surface area contributed by atoms with Crippen LogP contribution in [-0.2, 0) is 14.4 Å². The van der Waals surface area contributed by atoms with Crippen LogP contribution in [0.15, 0.2) is 18.2 Å². The Bertz CT molecular complexity index is 704. The van der Waals surface area contributed by atoms with E-state index < -0.39 is 17.9 Å². The maximum Gasteiger partial charge on any atom is 0.305 e. The van der Waals surface area contributed by atoms with E-state index in [9.17, 15) is 14.4 Å². The average Bonchev–Trinajstić information content (AvgIpc) is 2.95. The van der Waals surface area contributed by atoms with Gasteiger partial charge in [0.1, 0.15) is 13.2 Å². The maximum atomic E-state index is 12.3. The van der Waals surface area contributed by atoms with Crippen LogP contribution >= 0.6 is 0 Å². The van der Waals surface area contributed by atoms with Crippen LogP contribution in [-0.4, -0.2) is 48.7 Å². The molecule has 1 saturated heterocycles. The number of carbonyl (C=O) groups is 3. The van der Waals surface area contributed by atoms with Gasteiger partial charge in [-0.1, -0.05) is 0 Å². The molecule has 0 bridgehead atoms. The fourth-order valence-corrected chi connectivity index (χ4v) is 3.01. The summed E-state index contributed by atoms with van der Waals surface area (Å²) in [5.74, 6) is -0.715. The second-order valence-corrected chi connectivity index (χ2v) is 6.24. The van der Waals surface area contributed by atoms with Crippen LogP contribution in [0.3, 0.4) is 0 Å². The Morgan fingerprint density at radius 2 is 2.04 bits per heavy atom. The molecule has 0 spiro atoms. The normalized spacial score (nSPS) is 20.3. The van der Waals surface area contributed by atoms with Crippen LogP contribution in [0, 0.1) is 5.92 Å². The molecule has 0 radical (unpaired) electrons. The van der Waals surface area contributed by atoms with Crippen molar-refractivity contribution < 1.29 is 29.0 Å². The van der Waals surface area contributed by atoms with Crippen LogP contribution in [0.5, 0.6) is 11.5 Å². The fourth-order valence-electron chi connectivity index (χ4n) is 3.01. The van der Waals surface area contributed by atoms with Crippen molar-refractivity contribution in [3.05, 3.63) is 18.2 Å². The number of anilines is 1. The first-order valence-electron chi connectivity index (χ1n) is 8.16. The molecule has 2 aliphatic rings. The number of fused-ring (bicyclic) bond motifs is 1. The minimum absolute atomic E-state index is 0.0973. The van der Waals surface area contributed by atoms with Crippen molar-refractivity contribution in [3.63, 3.8) is 0 Å². The van der Waals surface area contributed by atoms with Gasteiger partial charge in [0.05, 0.1) is 12.3 Å². The predicted octanol–water partition coefficient (Wildman–Crippen LogP) is 0.790. The molecule has 134 valence electrons. The number of aliphatic carboxylic acids is 1. The topological polar surface area (TPSA) is 105 Å². The molecule has 8 heteroatoms. The first kappa shape index (κ1) is 17.1. The molecular formula is C17H20N2O6. The highest BCUT2D eigenvalue weighted by atomic mass is 16.6. The predicted molar refractivity (Wildman–Crippen MR) is 87.7 cm³/mol. The molecule has 0 aromatic heterocycles. The van der Waals surface area contributed by atoms with Gasteiger partial charge >= 0.3 is 5.97 Å². The molecule has 1 aromatic rings. The smallest absolute Gasteiger partial charge is 0.305 e. The molecule has 2 N–H and O–H groups in total. The number of rotatable bonds is 5. The Kier molecular flexibility index (Phi) is 4.78. The molecule has 3 rings (SSSR count). The van der Waals surface area contributed by atoms with E-state index in [-0.39, 0.29) is 31.2 Å². The van der Waals surface area contributed by atoms with Crippen LogP contribution in [0.25, 0.3) is 0 Å². The van der Waals surface area contributed by atoms with Crippen molar-refractivity contribution >= 4 is 23.5 Å². The summed E-state index contributed by atoms with van der Waals surface area (Å²) in [5, 5.41) is 11.4. The molecule has 0 aliphatic carbocycles. The van der Waals surface area contributed by atoms with Gasteiger partial charge in [0.25, 0.3) is 0 Å². The van der Waals surface area contributed by atoms with E-state index in [1.54, 1.807) is 30.0 Å².